The molecule has 0 aliphatic carbocycles. The zero-order valence-electron chi connectivity index (χ0n) is 13.7. The molecule has 0 unspecified atom stereocenters. The first-order valence-electron chi connectivity index (χ1n) is 7.95. The standard InChI is InChI=1S/C18H22N3O.W/c1-14-18(17(22)13-20-11-7-4-8-12-20)19-15(2)21(14)16-9-5-3-6-10-16;/h5-6,9-10H,4,7-8,11-13H2,1-2H3;/q-1;. The molecule has 0 bridgehead atoms. The number of rotatable bonds is 4. The average molecular weight is 480 g/mol. The fraction of sp³-hybridized carbons (Fsp3) is 0.444. The van der Waals surface area contributed by atoms with E-state index in [9.17, 15) is 4.79 Å². The van der Waals surface area contributed by atoms with Gasteiger partial charge < -0.3 is 4.57 Å². The average Bonchev–Trinajstić information content (AvgIpc) is 2.84. The number of piperidine rings is 1. The minimum absolute atomic E-state index is 0. The number of carbonyl (C=O) groups excluding carboxylic acids is 1. The Hall–Kier alpha value is -1.25. The van der Waals surface area contributed by atoms with Crippen molar-refractivity contribution in [1.29, 1.82) is 0 Å². The molecule has 1 aliphatic heterocycles. The van der Waals surface area contributed by atoms with Gasteiger partial charge in [0.2, 0.25) is 0 Å². The van der Waals surface area contributed by atoms with Crippen LogP contribution in [0.2, 0.25) is 0 Å². The largest absolute Gasteiger partial charge is 0.324 e. The molecule has 0 N–H and O–H groups in total. The van der Waals surface area contributed by atoms with Crippen LogP contribution in [0, 0.1) is 19.9 Å². The van der Waals surface area contributed by atoms with Crippen LogP contribution in [0.25, 0.3) is 5.69 Å². The number of hydrogen-bond acceptors (Lipinski definition) is 3. The van der Waals surface area contributed by atoms with E-state index in [0.29, 0.717) is 12.2 Å². The maximum absolute atomic E-state index is 12.6. The maximum Gasteiger partial charge on any atom is 0.196 e. The van der Waals surface area contributed by atoms with Crippen molar-refractivity contribution >= 4 is 5.78 Å². The molecule has 5 heteroatoms. The number of carbonyl (C=O) groups is 1. The van der Waals surface area contributed by atoms with E-state index in [4.69, 9.17) is 0 Å². The van der Waals surface area contributed by atoms with E-state index in [1.165, 1.54) is 19.3 Å². The Labute approximate surface area is 152 Å². The van der Waals surface area contributed by atoms with E-state index in [1.807, 2.05) is 42.7 Å². The summed E-state index contributed by atoms with van der Waals surface area (Å²) in [6.45, 7) is 6.46. The Kier molecular flexibility index (Phi) is 6.31. The molecule has 23 heavy (non-hydrogen) atoms. The summed E-state index contributed by atoms with van der Waals surface area (Å²) in [5, 5.41) is 0. The number of ketones is 1. The van der Waals surface area contributed by atoms with E-state index >= 15 is 0 Å². The summed E-state index contributed by atoms with van der Waals surface area (Å²) in [6, 6.07) is 10.7. The van der Waals surface area contributed by atoms with Gasteiger partial charge >= 0.3 is 0 Å². The van der Waals surface area contributed by atoms with Crippen molar-refractivity contribution in [1.82, 2.24) is 14.5 Å². The first-order valence-corrected chi connectivity index (χ1v) is 7.95. The first-order chi connectivity index (χ1) is 10.7. The third-order valence-electron chi connectivity index (χ3n) is 4.31. The summed E-state index contributed by atoms with van der Waals surface area (Å²) >= 11 is 0. The van der Waals surface area contributed by atoms with Gasteiger partial charge in [0.25, 0.3) is 0 Å². The third kappa shape index (κ3) is 3.99. The molecular weight excluding hydrogens is 458 g/mol. The van der Waals surface area contributed by atoms with E-state index in [2.05, 4.69) is 16.0 Å². The van der Waals surface area contributed by atoms with Crippen LogP contribution in [-0.2, 0) is 21.1 Å². The zero-order valence-corrected chi connectivity index (χ0v) is 16.6. The quantitative estimate of drug-likeness (QED) is 0.499. The van der Waals surface area contributed by atoms with E-state index < -0.39 is 0 Å². The van der Waals surface area contributed by atoms with Crippen molar-refractivity contribution in [2.24, 2.45) is 0 Å². The Balaban J connectivity index is 0.00000192. The number of aryl methyl sites for hydroxylation is 1. The number of aromatic nitrogens is 2. The molecule has 122 valence electrons. The fourth-order valence-electron chi connectivity index (χ4n) is 3.21. The molecule has 1 saturated heterocycles. The van der Waals surface area contributed by atoms with Gasteiger partial charge in [-0.2, -0.15) is 18.2 Å². The van der Waals surface area contributed by atoms with Gasteiger partial charge in [0, 0.05) is 26.8 Å². The van der Waals surface area contributed by atoms with Crippen molar-refractivity contribution < 1.29 is 25.9 Å². The molecule has 0 spiro atoms. The van der Waals surface area contributed by atoms with Gasteiger partial charge in [-0.05, 0) is 39.8 Å². The van der Waals surface area contributed by atoms with Crippen LogP contribution in [0.1, 0.15) is 41.3 Å². The third-order valence-corrected chi connectivity index (χ3v) is 4.31. The zero-order chi connectivity index (χ0) is 15.5. The second-order valence-electron chi connectivity index (χ2n) is 5.95. The number of nitrogens with zero attached hydrogens (tertiary/aromatic N) is 3. The van der Waals surface area contributed by atoms with Crippen LogP contribution in [0.15, 0.2) is 24.3 Å². The minimum Gasteiger partial charge on any atom is -0.324 e. The summed E-state index contributed by atoms with van der Waals surface area (Å²) in [6.07, 6.45) is 3.67. The molecule has 3 rings (SSSR count). The number of Topliss-reactive ketones (excluding diaryl/α,β-unsaturated/α-hetero) is 1. The fourth-order valence-corrected chi connectivity index (χ4v) is 3.21. The predicted octanol–water partition coefficient (Wildman–Crippen LogP) is 2.96. The first kappa shape index (κ1) is 18.1. The molecule has 0 atom stereocenters. The topological polar surface area (TPSA) is 38.1 Å². The molecule has 0 saturated carbocycles. The van der Waals surface area contributed by atoms with Gasteiger partial charge in [-0.1, -0.05) is 12.1 Å². The molecular formula is C18H22N3OW-. The van der Waals surface area contributed by atoms with Crippen molar-refractivity contribution in [3.63, 3.8) is 0 Å². The van der Waals surface area contributed by atoms with E-state index in [-0.39, 0.29) is 26.8 Å². The van der Waals surface area contributed by atoms with Crippen LogP contribution in [0.4, 0.5) is 0 Å². The van der Waals surface area contributed by atoms with Crippen molar-refractivity contribution in [3.8, 4) is 5.69 Å². The van der Waals surface area contributed by atoms with Gasteiger partial charge in [-0.25, -0.2) is 4.98 Å². The molecule has 1 aliphatic rings. The molecule has 2 heterocycles. The molecule has 2 aromatic rings. The van der Waals surface area contributed by atoms with Crippen LogP contribution in [-0.4, -0.2) is 39.9 Å². The smallest absolute Gasteiger partial charge is 0.196 e. The normalized spacial score (nSPS) is 15.2. The van der Waals surface area contributed by atoms with Gasteiger partial charge in [0.1, 0.15) is 11.5 Å². The van der Waals surface area contributed by atoms with Crippen LogP contribution in [0.5, 0.6) is 0 Å². The van der Waals surface area contributed by atoms with Crippen molar-refractivity contribution in [2.75, 3.05) is 19.6 Å². The van der Waals surface area contributed by atoms with Gasteiger partial charge in [-0.15, -0.1) is 12.1 Å². The Morgan fingerprint density at radius 3 is 2.48 bits per heavy atom. The molecule has 4 nitrogen and oxygen atoms in total. The van der Waals surface area contributed by atoms with Crippen molar-refractivity contribution in [2.45, 2.75) is 33.1 Å². The molecule has 0 amide bonds. The Bertz CT molecular complexity index is 660. The second kappa shape index (κ2) is 8.03. The number of likely N-dealkylation sites (tertiary alicyclic amines) is 1. The summed E-state index contributed by atoms with van der Waals surface area (Å²) in [7, 11) is 0. The van der Waals surface area contributed by atoms with Crippen LogP contribution >= 0.6 is 0 Å². The van der Waals surface area contributed by atoms with E-state index in [0.717, 1.165) is 30.3 Å². The minimum atomic E-state index is 0. The summed E-state index contributed by atoms with van der Waals surface area (Å²) in [5.41, 5.74) is 2.56. The number of benzene rings is 1. The Morgan fingerprint density at radius 2 is 1.83 bits per heavy atom. The predicted molar refractivity (Wildman–Crippen MR) is 86.5 cm³/mol. The van der Waals surface area contributed by atoms with Crippen LogP contribution in [0.3, 0.4) is 0 Å². The summed E-state index contributed by atoms with van der Waals surface area (Å²) in [5.74, 6) is 0.981. The SMILES string of the molecule is Cc1nc(C(=O)CN2CCCCC2)c(C)n1-c1cc[c-]cc1.[W]. The monoisotopic (exact) mass is 480 g/mol. The van der Waals surface area contributed by atoms with E-state index in [1.54, 1.807) is 0 Å². The van der Waals surface area contributed by atoms with Gasteiger partial charge in [0.15, 0.2) is 5.78 Å². The summed E-state index contributed by atoms with van der Waals surface area (Å²) in [4.78, 5) is 19.4. The Morgan fingerprint density at radius 1 is 1.17 bits per heavy atom. The number of imidazole rings is 1. The van der Waals surface area contributed by atoms with Crippen LogP contribution < -0.4 is 0 Å². The maximum atomic E-state index is 12.6. The molecule has 1 aromatic carbocycles. The second-order valence-corrected chi connectivity index (χ2v) is 5.95. The van der Waals surface area contributed by atoms with Gasteiger partial charge in [0.05, 0.1) is 6.54 Å². The summed E-state index contributed by atoms with van der Waals surface area (Å²) < 4.78 is 2.04. The number of hydrogen-bond donors (Lipinski definition) is 0. The molecule has 1 fully saturated rings. The van der Waals surface area contributed by atoms with Crippen molar-refractivity contribution in [3.05, 3.63) is 47.5 Å². The molecule has 1 aromatic heterocycles. The molecule has 0 radical (unpaired) electrons. The van der Waals surface area contributed by atoms with Gasteiger partial charge in [-0.3, -0.25) is 9.69 Å².